The number of halogens is 1. The molecule has 1 aromatic heterocycles. The van der Waals surface area contributed by atoms with Gasteiger partial charge >= 0.3 is 0 Å². The lowest BCUT2D eigenvalue weighted by Crippen LogP contribution is -2.27. The van der Waals surface area contributed by atoms with E-state index in [-0.39, 0.29) is 0 Å². The van der Waals surface area contributed by atoms with Crippen molar-refractivity contribution in [2.45, 2.75) is 0 Å². The molecule has 0 saturated heterocycles. The van der Waals surface area contributed by atoms with Gasteiger partial charge in [-0.3, -0.25) is 5.01 Å². The van der Waals surface area contributed by atoms with E-state index in [1.807, 2.05) is 0 Å². The predicted molar refractivity (Wildman–Crippen MR) is 44.0 cm³/mol. The summed E-state index contributed by atoms with van der Waals surface area (Å²) in [4.78, 5) is 0. The lowest BCUT2D eigenvalue weighted by atomic mass is 10.4. The van der Waals surface area contributed by atoms with Crippen molar-refractivity contribution in [2.24, 2.45) is 5.84 Å². The van der Waals surface area contributed by atoms with Gasteiger partial charge in [0.2, 0.25) is 0 Å². The molecule has 0 bridgehead atoms. The Bertz CT molecular complexity index is 261. The summed E-state index contributed by atoms with van der Waals surface area (Å²) in [5, 5.41) is 8.87. The SMILES string of the molecule is CN(N)c1nncc(Cl)c1N. The van der Waals surface area contributed by atoms with Crippen LogP contribution in [0.15, 0.2) is 6.20 Å². The molecule has 1 heterocycles. The summed E-state index contributed by atoms with van der Waals surface area (Å²) in [5.74, 6) is 5.75. The first-order valence-corrected chi connectivity index (χ1v) is 3.26. The first kappa shape index (κ1) is 8.03. The highest BCUT2D eigenvalue weighted by atomic mass is 35.5. The first-order chi connectivity index (χ1) is 5.13. The van der Waals surface area contributed by atoms with Crippen molar-refractivity contribution in [3.8, 4) is 0 Å². The van der Waals surface area contributed by atoms with Crippen LogP contribution in [0.4, 0.5) is 11.5 Å². The van der Waals surface area contributed by atoms with Crippen LogP contribution < -0.4 is 16.6 Å². The fraction of sp³-hybridized carbons (Fsp3) is 0.200. The Kier molecular flexibility index (Phi) is 2.11. The molecule has 1 aromatic rings. The standard InChI is InChI=1S/C5H8ClN5/c1-11(8)5-4(7)3(6)2-9-10-5/h2H,8H2,1H3,(H2,7,9). The molecular formula is C5H8ClN5. The molecule has 0 spiro atoms. The highest BCUT2D eigenvalue weighted by Gasteiger charge is 2.06. The molecule has 60 valence electrons. The number of nitrogens with zero attached hydrogens (tertiary/aromatic N) is 3. The van der Waals surface area contributed by atoms with E-state index in [0.717, 1.165) is 0 Å². The Morgan fingerprint density at radius 2 is 2.27 bits per heavy atom. The molecule has 0 radical (unpaired) electrons. The minimum Gasteiger partial charge on any atom is -0.394 e. The van der Waals surface area contributed by atoms with Gasteiger partial charge in [0, 0.05) is 7.05 Å². The van der Waals surface area contributed by atoms with Crippen LogP contribution in [0.3, 0.4) is 0 Å². The smallest absolute Gasteiger partial charge is 0.189 e. The molecule has 0 aliphatic heterocycles. The molecule has 0 fully saturated rings. The summed E-state index contributed by atoms with van der Waals surface area (Å²) < 4.78 is 0. The zero-order valence-corrected chi connectivity index (χ0v) is 6.71. The van der Waals surface area contributed by atoms with Gasteiger partial charge in [0.05, 0.1) is 16.9 Å². The Hall–Kier alpha value is -1.07. The first-order valence-electron chi connectivity index (χ1n) is 2.88. The molecule has 0 atom stereocenters. The second-order valence-corrected chi connectivity index (χ2v) is 2.45. The van der Waals surface area contributed by atoms with E-state index in [1.54, 1.807) is 7.05 Å². The van der Waals surface area contributed by atoms with Gasteiger partial charge in [0.15, 0.2) is 5.82 Å². The molecule has 5 nitrogen and oxygen atoms in total. The van der Waals surface area contributed by atoms with E-state index in [0.29, 0.717) is 16.5 Å². The maximum absolute atomic E-state index is 5.65. The van der Waals surface area contributed by atoms with E-state index < -0.39 is 0 Å². The van der Waals surface area contributed by atoms with E-state index in [1.165, 1.54) is 11.2 Å². The fourth-order valence-electron chi connectivity index (χ4n) is 0.625. The second-order valence-electron chi connectivity index (χ2n) is 2.04. The third kappa shape index (κ3) is 1.50. The van der Waals surface area contributed by atoms with Crippen LogP contribution in [0.1, 0.15) is 0 Å². The Morgan fingerprint density at radius 3 is 2.73 bits per heavy atom. The highest BCUT2D eigenvalue weighted by molar-refractivity contribution is 6.33. The summed E-state index contributed by atoms with van der Waals surface area (Å²) in [7, 11) is 1.61. The highest BCUT2D eigenvalue weighted by Crippen LogP contribution is 2.23. The average molecular weight is 174 g/mol. The summed E-state index contributed by atoms with van der Waals surface area (Å²) in [6, 6.07) is 0. The van der Waals surface area contributed by atoms with Crippen LogP contribution >= 0.6 is 11.6 Å². The fourth-order valence-corrected chi connectivity index (χ4v) is 0.753. The van der Waals surface area contributed by atoms with Crippen LogP contribution in [0.25, 0.3) is 0 Å². The second kappa shape index (κ2) is 2.89. The summed E-state index contributed by atoms with van der Waals surface area (Å²) >= 11 is 5.65. The number of aromatic nitrogens is 2. The van der Waals surface area contributed by atoms with Gasteiger partial charge in [-0.15, -0.1) is 5.10 Å². The van der Waals surface area contributed by atoms with E-state index >= 15 is 0 Å². The largest absolute Gasteiger partial charge is 0.394 e. The minimum atomic E-state index is 0.340. The molecule has 0 saturated carbocycles. The van der Waals surface area contributed by atoms with Gasteiger partial charge in [-0.25, -0.2) is 5.84 Å². The van der Waals surface area contributed by atoms with Gasteiger partial charge in [-0.2, -0.15) is 5.10 Å². The van der Waals surface area contributed by atoms with Crippen LogP contribution in [0.5, 0.6) is 0 Å². The van der Waals surface area contributed by atoms with Crippen molar-refractivity contribution < 1.29 is 0 Å². The number of nitrogens with two attached hydrogens (primary N) is 2. The van der Waals surface area contributed by atoms with Crippen molar-refractivity contribution in [1.29, 1.82) is 0 Å². The zero-order chi connectivity index (χ0) is 8.43. The molecular weight excluding hydrogens is 166 g/mol. The van der Waals surface area contributed by atoms with Crippen molar-refractivity contribution in [2.75, 3.05) is 17.8 Å². The monoisotopic (exact) mass is 173 g/mol. The van der Waals surface area contributed by atoms with Crippen LogP contribution in [-0.4, -0.2) is 17.2 Å². The molecule has 0 aliphatic carbocycles. The quantitative estimate of drug-likeness (QED) is 0.462. The molecule has 6 heteroatoms. The Balaban J connectivity index is 3.17. The van der Waals surface area contributed by atoms with Crippen LogP contribution in [-0.2, 0) is 0 Å². The van der Waals surface area contributed by atoms with Gasteiger partial charge < -0.3 is 5.73 Å². The summed E-state index contributed by atoms with van der Waals surface area (Å²) in [6.07, 6.45) is 1.36. The number of anilines is 2. The number of hydrogen-bond donors (Lipinski definition) is 2. The average Bonchev–Trinajstić information content (AvgIpc) is 1.94. The molecule has 1 rings (SSSR count). The maximum Gasteiger partial charge on any atom is 0.189 e. The lowest BCUT2D eigenvalue weighted by Gasteiger charge is -2.11. The van der Waals surface area contributed by atoms with E-state index in [4.69, 9.17) is 23.2 Å². The number of rotatable bonds is 1. The van der Waals surface area contributed by atoms with Gasteiger partial charge in [0.25, 0.3) is 0 Å². The van der Waals surface area contributed by atoms with Gasteiger partial charge in [-0.1, -0.05) is 11.6 Å². The molecule has 0 aliphatic rings. The zero-order valence-electron chi connectivity index (χ0n) is 5.95. The summed E-state index contributed by atoms with van der Waals surface area (Å²) in [6.45, 7) is 0. The normalized spacial score (nSPS) is 9.73. The number of hydrazine groups is 1. The van der Waals surface area contributed by atoms with Gasteiger partial charge in [-0.05, 0) is 0 Å². The molecule has 4 N–H and O–H groups in total. The topological polar surface area (TPSA) is 81.1 Å². The van der Waals surface area contributed by atoms with Crippen molar-refractivity contribution in [1.82, 2.24) is 10.2 Å². The molecule has 11 heavy (non-hydrogen) atoms. The van der Waals surface area contributed by atoms with Crippen molar-refractivity contribution in [3.05, 3.63) is 11.2 Å². The lowest BCUT2D eigenvalue weighted by molar-refractivity contribution is 0.921. The summed E-state index contributed by atoms with van der Waals surface area (Å²) in [5.41, 5.74) is 5.87. The molecule has 0 amide bonds. The number of nitrogen functional groups attached to an aromatic ring is 1. The Labute approximate surface area is 68.9 Å². The molecule has 0 unspecified atom stereocenters. The van der Waals surface area contributed by atoms with Crippen molar-refractivity contribution in [3.63, 3.8) is 0 Å². The van der Waals surface area contributed by atoms with Crippen LogP contribution in [0, 0.1) is 0 Å². The molecule has 0 aromatic carbocycles. The Morgan fingerprint density at radius 1 is 1.64 bits per heavy atom. The van der Waals surface area contributed by atoms with E-state index in [9.17, 15) is 0 Å². The van der Waals surface area contributed by atoms with Crippen LogP contribution in [0.2, 0.25) is 5.02 Å². The third-order valence-corrected chi connectivity index (χ3v) is 1.46. The van der Waals surface area contributed by atoms with Crippen molar-refractivity contribution >= 4 is 23.1 Å². The number of hydrogen-bond acceptors (Lipinski definition) is 5. The predicted octanol–water partition coefficient (Wildman–Crippen LogP) is 0.0221. The minimum absolute atomic E-state index is 0.340. The van der Waals surface area contributed by atoms with Gasteiger partial charge in [0.1, 0.15) is 0 Å². The van der Waals surface area contributed by atoms with E-state index in [2.05, 4.69) is 10.2 Å². The maximum atomic E-state index is 5.65. The third-order valence-electron chi connectivity index (χ3n) is 1.16.